The first-order valence-corrected chi connectivity index (χ1v) is 7.37. The van der Waals surface area contributed by atoms with Crippen LogP contribution < -0.4 is 4.90 Å². The van der Waals surface area contributed by atoms with Gasteiger partial charge in [-0.15, -0.1) is 0 Å². The second-order valence-electron chi connectivity index (χ2n) is 5.26. The molecule has 1 aliphatic rings. The third-order valence-corrected chi connectivity index (χ3v) is 4.46. The molecule has 1 aliphatic heterocycles. The molecular formula is C13H17N5S. The van der Waals surface area contributed by atoms with Gasteiger partial charge in [-0.25, -0.2) is 0 Å². The molecule has 0 N–H and O–H groups in total. The average molecular weight is 275 g/mol. The number of benzene rings is 1. The van der Waals surface area contributed by atoms with Gasteiger partial charge < -0.3 is 4.90 Å². The van der Waals surface area contributed by atoms with Crippen LogP contribution in [-0.2, 0) is 0 Å². The number of anilines is 1. The highest BCUT2D eigenvalue weighted by Crippen LogP contribution is 2.31. The zero-order valence-corrected chi connectivity index (χ0v) is 12.0. The summed E-state index contributed by atoms with van der Waals surface area (Å²) in [5, 5.41) is 12.2. The predicted octanol–water partition coefficient (Wildman–Crippen LogP) is 1.99. The number of hydrogen-bond donors (Lipinski definition) is 0. The molecule has 2 heterocycles. The van der Waals surface area contributed by atoms with Gasteiger partial charge in [0, 0.05) is 23.6 Å². The summed E-state index contributed by atoms with van der Waals surface area (Å²) < 4.78 is 2.05. The van der Waals surface area contributed by atoms with E-state index in [2.05, 4.69) is 34.3 Å². The molecule has 1 aromatic heterocycles. The van der Waals surface area contributed by atoms with Crippen LogP contribution in [0.5, 0.6) is 0 Å². The third kappa shape index (κ3) is 2.58. The summed E-state index contributed by atoms with van der Waals surface area (Å²) in [7, 11) is 0. The Labute approximate surface area is 117 Å². The topological polar surface area (TPSA) is 46.8 Å². The van der Waals surface area contributed by atoms with Gasteiger partial charge in [-0.1, -0.05) is 23.3 Å². The van der Waals surface area contributed by atoms with Gasteiger partial charge >= 0.3 is 0 Å². The van der Waals surface area contributed by atoms with Crippen molar-refractivity contribution in [1.29, 1.82) is 0 Å². The molecule has 0 radical (unpaired) electrons. The Hall–Kier alpha value is -1.56. The number of nitrogens with zero attached hydrogens (tertiary/aromatic N) is 5. The summed E-state index contributed by atoms with van der Waals surface area (Å²) in [6.45, 7) is 6.48. The van der Waals surface area contributed by atoms with E-state index in [0.29, 0.717) is 0 Å². The molecule has 0 atom stereocenters. The second-order valence-corrected chi connectivity index (χ2v) is 7.06. The number of aromatic nitrogens is 4. The molecule has 2 aromatic rings. The molecule has 1 aromatic carbocycles. The standard InChI is InChI=1S/C13H17N5S/c1-13(2)10-17(8-9-19-13)12-14-15-16-18(12)11-6-4-3-5-7-11/h3-7H,8-10H2,1-2H3. The molecule has 0 aliphatic carbocycles. The maximum Gasteiger partial charge on any atom is 0.250 e. The first-order valence-electron chi connectivity index (χ1n) is 6.38. The predicted molar refractivity (Wildman–Crippen MR) is 77.9 cm³/mol. The van der Waals surface area contributed by atoms with Crippen LogP contribution in [-0.4, -0.2) is 43.8 Å². The van der Waals surface area contributed by atoms with Crippen molar-refractivity contribution >= 4 is 17.7 Å². The monoisotopic (exact) mass is 275 g/mol. The Kier molecular flexibility index (Phi) is 3.18. The van der Waals surface area contributed by atoms with Crippen LogP contribution in [0.2, 0.25) is 0 Å². The average Bonchev–Trinajstić information content (AvgIpc) is 2.88. The lowest BCUT2D eigenvalue weighted by atomic mass is 10.2. The molecule has 19 heavy (non-hydrogen) atoms. The molecule has 0 spiro atoms. The van der Waals surface area contributed by atoms with Crippen LogP contribution in [0.3, 0.4) is 0 Å². The lowest BCUT2D eigenvalue weighted by molar-refractivity contribution is 0.628. The number of thioether (sulfide) groups is 1. The third-order valence-electron chi connectivity index (χ3n) is 3.16. The van der Waals surface area contributed by atoms with E-state index in [0.717, 1.165) is 30.5 Å². The molecule has 1 fully saturated rings. The number of rotatable bonds is 2. The highest BCUT2D eigenvalue weighted by atomic mass is 32.2. The number of para-hydroxylation sites is 1. The molecular weight excluding hydrogens is 258 g/mol. The normalized spacial score (nSPS) is 18.5. The van der Waals surface area contributed by atoms with Crippen molar-refractivity contribution in [3.8, 4) is 5.69 Å². The molecule has 0 amide bonds. The van der Waals surface area contributed by atoms with E-state index in [4.69, 9.17) is 0 Å². The van der Waals surface area contributed by atoms with Crippen LogP contribution in [0.4, 0.5) is 5.95 Å². The minimum absolute atomic E-state index is 0.242. The minimum Gasteiger partial charge on any atom is -0.337 e. The molecule has 0 saturated carbocycles. The molecule has 0 unspecified atom stereocenters. The molecule has 0 bridgehead atoms. The SMILES string of the molecule is CC1(C)CN(c2nnnn2-c2ccccc2)CCS1. The fraction of sp³-hybridized carbons (Fsp3) is 0.462. The Morgan fingerprint density at radius 2 is 2.00 bits per heavy atom. The lowest BCUT2D eigenvalue weighted by Gasteiger charge is -2.37. The van der Waals surface area contributed by atoms with Crippen LogP contribution in [0.25, 0.3) is 5.69 Å². The van der Waals surface area contributed by atoms with Gasteiger partial charge in [0.25, 0.3) is 0 Å². The zero-order valence-electron chi connectivity index (χ0n) is 11.2. The maximum absolute atomic E-state index is 4.20. The van der Waals surface area contributed by atoms with Gasteiger partial charge in [-0.2, -0.15) is 16.4 Å². The van der Waals surface area contributed by atoms with Crippen molar-refractivity contribution in [3.05, 3.63) is 30.3 Å². The van der Waals surface area contributed by atoms with E-state index >= 15 is 0 Å². The Morgan fingerprint density at radius 3 is 2.74 bits per heavy atom. The summed E-state index contributed by atoms with van der Waals surface area (Å²) in [5.41, 5.74) is 0.999. The van der Waals surface area contributed by atoms with Crippen LogP contribution in [0, 0.1) is 0 Å². The number of tetrazole rings is 1. The molecule has 1 saturated heterocycles. The van der Waals surface area contributed by atoms with Gasteiger partial charge in [-0.3, -0.25) is 0 Å². The fourth-order valence-electron chi connectivity index (χ4n) is 2.30. The summed E-state index contributed by atoms with van der Waals surface area (Å²) in [6.07, 6.45) is 0. The van der Waals surface area contributed by atoms with Gasteiger partial charge in [0.1, 0.15) is 0 Å². The van der Waals surface area contributed by atoms with Crippen LogP contribution in [0.15, 0.2) is 30.3 Å². The first-order chi connectivity index (χ1) is 9.16. The first kappa shape index (κ1) is 12.5. The summed E-state index contributed by atoms with van der Waals surface area (Å²) in [5.74, 6) is 1.94. The number of hydrogen-bond acceptors (Lipinski definition) is 5. The summed E-state index contributed by atoms with van der Waals surface area (Å²) in [4.78, 5) is 2.27. The summed E-state index contributed by atoms with van der Waals surface area (Å²) in [6, 6.07) is 10.0. The Balaban J connectivity index is 1.92. The second kappa shape index (κ2) is 4.85. The van der Waals surface area contributed by atoms with E-state index < -0.39 is 0 Å². The summed E-state index contributed by atoms with van der Waals surface area (Å²) >= 11 is 2.00. The van der Waals surface area contributed by atoms with Gasteiger partial charge in [0.05, 0.1) is 5.69 Å². The highest BCUT2D eigenvalue weighted by molar-refractivity contribution is 8.00. The maximum atomic E-state index is 4.20. The fourth-order valence-corrected chi connectivity index (χ4v) is 3.41. The van der Waals surface area contributed by atoms with Crippen molar-refractivity contribution in [3.63, 3.8) is 0 Å². The smallest absolute Gasteiger partial charge is 0.250 e. The van der Waals surface area contributed by atoms with Gasteiger partial charge in [0.15, 0.2) is 0 Å². The highest BCUT2D eigenvalue weighted by Gasteiger charge is 2.29. The van der Waals surface area contributed by atoms with Crippen molar-refractivity contribution in [2.45, 2.75) is 18.6 Å². The molecule has 3 rings (SSSR count). The van der Waals surface area contributed by atoms with Crippen LogP contribution >= 0.6 is 11.8 Å². The van der Waals surface area contributed by atoms with E-state index in [1.54, 1.807) is 0 Å². The van der Waals surface area contributed by atoms with Gasteiger partial charge in [-0.05, 0) is 36.4 Å². The van der Waals surface area contributed by atoms with E-state index in [-0.39, 0.29) is 4.75 Å². The molecule has 5 nitrogen and oxygen atoms in total. The zero-order chi connectivity index (χ0) is 13.3. The van der Waals surface area contributed by atoms with E-state index in [1.807, 2.05) is 46.8 Å². The van der Waals surface area contributed by atoms with Gasteiger partial charge in [0.2, 0.25) is 5.95 Å². The van der Waals surface area contributed by atoms with Crippen molar-refractivity contribution < 1.29 is 0 Å². The van der Waals surface area contributed by atoms with Crippen LogP contribution in [0.1, 0.15) is 13.8 Å². The van der Waals surface area contributed by atoms with E-state index in [1.165, 1.54) is 0 Å². The quantitative estimate of drug-likeness (QED) is 0.839. The van der Waals surface area contributed by atoms with Crippen molar-refractivity contribution in [1.82, 2.24) is 20.2 Å². The lowest BCUT2D eigenvalue weighted by Crippen LogP contribution is -2.44. The Morgan fingerprint density at radius 1 is 1.21 bits per heavy atom. The minimum atomic E-state index is 0.242. The Bertz CT molecular complexity index is 551. The molecule has 100 valence electrons. The van der Waals surface area contributed by atoms with Crippen molar-refractivity contribution in [2.75, 3.05) is 23.7 Å². The van der Waals surface area contributed by atoms with E-state index in [9.17, 15) is 0 Å². The largest absolute Gasteiger partial charge is 0.337 e. The van der Waals surface area contributed by atoms with Crippen molar-refractivity contribution in [2.24, 2.45) is 0 Å². The molecule has 6 heteroatoms.